The van der Waals surface area contributed by atoms with Crippen molar-refractivity contribution in [1.29, 1.82) is 0 Å². The van der Waals surface area contributed by atoms with Gasteiger partial charge in [0.25, 0.3) is 0 Å². The van der Waals surface area contributed by atoms with Gasteiger partial charge in [-0.15, -0.1) is 0 Å². The van der Waals surface area contributed by atoms with Crippen LogP contribution in [0.2, 0.25) is 5.02 Å². The van der Waals surface area contributed by atoms with Crippen LogP contribution in [-0.4, -0.2) is 20.1 Å². The summed E-state index contributed by atoms with van der Waals surface area (Å²) in [5.74, 6) is 0. The van der Waals surface area contributed by atoms with E-state index in [2.05, 4.69) is 11.6 Å². The maximum absolute atomic E-state index is 12.2. The molecule has 0 amide bonds. The summed E-state index contributed by atoms with van der Waals surface area (Å²) in [6.07, 6.45) is 3.23. The molecule has 0 atom stereocenters. The normalized spacial score (nSPS) is 18.1. The van der Waals surface area contributed by atoms with Crippen molar-refractivity contribution in [2.75, 3.05) is 6.54 Å². The van der Waals surface area contributed by atoms with Crippen LogP contribution in [0.5, 0.6) is 0 Å². The number of aliphatic hydroxyl groups is 1. The van der Waals surface area contributed by atoms with E-state index in [9.17, 15) is 8.42 Å². The second kappa shape index (κ2) is 5.40. The molecule has 106 valence electrons. The first kappa shape index (κ1) is 14.8. The molecule has 1 saturated carbocycles. The molecule has 0 saturated heterocycles. The van der Waals surface area contributed by atoms with Crippen molar-refractivity contribution in [3.05, 3.63) is 28.8 Å². The summed E-state index contributed by atoms with van der Waals surface area (Å²) in [5, 5.41) is 9.24. The molecular formula is C13H18ClNO3S. The van der Waals surface area contributed by atoms with Crippen LogP contribution in [0, 0.1) is 5.41 Å². The second-order valence-electron chi connectivity index (χ2n) is 5.41. The van der Waals surface area contributed by atoms with Gasteiger partial charge in [-0.3, -0.25) is 0 Å². The lowest BCUT2D eigenvalue weighted by Gasteiger charge is -2.38. The van der Waals surface area contributed by atoms with Gasteiger partial charge in [0.1, 0.15) is 4.90 Å². The summed E-state index contributed by atoms with van der Waals surface area (Å²) in [6.45, 7) is 2.29. The molecule has 0 spiro atoms. The van der Waals surface area contributed by atoms with Crippen molar-refractivity contribution >= 4 is 21.6 Å². The first-order valence-corrected chi connectivity index (χ1v) is 8.11. The quantitative estimate of drug-likeness (QED) is 0.877. The summed E-state index contributed by atoms with van der Waals surface area (Å²) in [5.41, 5.74) is 0.591. The van der Waals surface area contributed by atoms with Gasteiger partial charge in [-0.1, -0.05) is 31.0 Å². The van der Waals surface area contributed by atoms with Gasteiger partial charge in [-0.2, -0.15) is 0 Å². The largest absolute Gasteiger partial charge is 0.392 e. The Hall–Kier alpha value is -0.620. The van der Waals surface area contributed by atoms with Crippen molar-refractivity contribution in [1.82, 2.24) is 4.72 Å². The lowest BCUT2D eigenvalue weighted by molar-refractivity contribution is 0.166. The third kappa shape index (κ3) is 3.28. The molecule has 0 aliphatic heterocycles. The molecule has 1 aromatic carbocycles. The standard InChI is InChI=1S/C13H18ClNO3S/c1-13(5-2-6-13)9-15-19(17,18)12-7-10(8-16)3-4-11(12)14/h3-4,7,15-16H,2,5-6,8-9H2,1H3. The molecule has 2 rings (SSSR count). The molecule has 2 N–H and O–H groups in total. The number of hydrogen-bond donors (Lipinski definition) is 2. The fourth-order valence-electron chi connectivity index (χ4n) is 2.16. The third-order valence-electron chi connectivity index (χ3n) is 3.72. The minimum Gasteiger partial charge on any atom is -0.392 e. The maximum atomic E-state index is 12.2. The van der Waals surface area contributed by atoms with Gasteiger partial charge in [-0.05, 0) is 36.0 Å². The monoisotopic (exact) mass is 303 g/mol. The molecule has 1 aromatic rings. The van der Waals surface area contributed by atoms with E-state index in [0.717, 1.165) is 19.3 Å². The average Bonchev–Trinajstić information content (AvgIpc) is 2.34. The molecule has 6 heteroatoms. The van der Waals surface area contributed by atoms with Crippen LogP contribution < -0.4 is 4.72 Å². The van der Waals surface area contributed by atoms with E-state index >= 15 is 0 Å². The first-order chi connectivity index (χ1) is 8.86. The Labute approximate surface area is 118 Å². The number of aliphatic hydroxyl groups excluding tert-OH is 1. The number of halogens is 1. The van der Waals surface area contributed by atoms with Crippen molar-refractivity contribution in [2.24, 2.45) is 5.41 Å². The first-order valence-electron chi connectivity index (χ1n) is 6.25. The van der Waals surface area contributed by atoms with Crippen LogP contribution >= 0.6 is 11.6 Å². The topological polar surface area (TPSA) is 66.4 Å². The molecule has 1 fully saturated rings. The molecule has 1 aliphatic carbocycles. The van der Waals surface area contributed by atoms with E-state index in [1.807, 2.05) is 0 Å². The molecule has 0 bridgehead atoms. The van der Waals surface area contributed by atoms with E-state index in [1.54, 1.807) is 6.07 Å². The van der Waals surface area contributed by atoms with Crippen LogP contribution in [0.4, 0.5) is 0 Å². The van der Waals surface area contributed by atoms with E-state index in [-0.39, 0.29) is 21.9 Å². The summed E-state index contributed by atoms with van der Waals surface area (Å²) < 4.78 is 27.1. The lowest BCUT2D eigenvalue weighted by atomic mass is 9.71. The van der Waals surface area contributed by atoms with Gasteiger partial charge < -0.3 is 5.11 Å². The molecule has 1 aliphatic rings. The van der Waals surface area contributed by atoms with Crippen molar-refractivity contribution in [2.45, 2.75) is 37.7 Å². The lowest BCUT2D eigenvalue weighted by Crippen LogP contribution is -2.40. The fourth-order valence-corrected chi connectivity index (χ4v) is 3.90. The average molecular weight is 304 g/mol. The number of nitrogens with one attached hydrogen (secondary N) is 1. The summed E-state index contributed by atoms with van der Waals surface area (Å²) in [6, 6.07) is 4.51. The van der Waals surface area contributed by atoms with Crippen LogP contribution in [0.25, 0.3) is 0 Å². The van der Waals surface area contributed by atoms with Crippen LogP contribution in [-0.2, 0) is 16.6 Å². The highest BCUT2D eigenvalue weighted by Gasteiger charge is 2.33. The zero-order chi connectivity index (χ0) is 14.1. The van der Waals surface area contributed by atoms with Crippen LogP contribution in [0.3, 0.4) is 0 Å². The Balaban J connectivity index is 2.18. The molecule has 0 unspecified atom stereocenters. The smallest absolute Gasteiger partial charge is 0.242 e. The highest BCUT2D eigenvalue weighted by atomic mass is 35.5. The molecular weight excluding hydrogens is 286 g/mol. The second-order valence-corrected chi connectivity index (χ2v) is 7.55. The number of rotatable bonds is 5. The van der Waals surface area contributed by atoms with E-state index in [1.165, 1.54) is 12.1 Å². The van der Waals surface area contributed by atoms with Gasteiger partial charge in [0, 0.05) is 6.54 Å². The van der Waals surface area contributed by atoms with Crippen LogP contribution in [0.1, 0.15) is 31.7 Å². The van der Waals surface area contributed by atoms with Gasteiger partial charge in [0.2, 0.25) is 10.0 Å². The molecule has 0 aromatic heterocycles. The van der Waals surface area contributed by atoms with Crippen molar-refractivity contribution < 1.29 is 13.5 Å². The Bertz CT molecular complexity index is 567. The number of sulfonamides is 1. The van der Waals surface area contributed by atoms with Gasteiger partial charge in [0.15, 0.2) is 0 Å². The Morgan fingerprint density at radius 2 is 2.11 bits per heavy atom. The van der Waals surface area contributed by atoms with Gasteiger partial charge >= 0.3 is 0 Å². The summed E-state index contributed by atoms with van der Waals surface area (Å²) >= 11 is 5.93. The highest BCUT2D eigenvalue weighted by molar-refractivity contribution is 7.89. The van der Waals surface area contributed by atoms with Gasteiger partial charge in [0.05, 0.1) is 11.6 Å². The zero-order valence-corrected chi connectivity index (χ0v) is 12.4. The highest BCUT2D eigenvalue weighted by Crippen LogP contribution is 2.39. The van der Waals surface area contributed by atoms with Gasteiger partial charge in [-0.25, -0.2) is 13.1 Å². The molecule has 19 heavy (non-hydrogen) atoms. The van der Waals surface area contributed by atoms with E-state index < -0.39 is 10.0 Å². The number of benzene rings is 1. The van der Waals surface area contributed by atoms with Crippen molar-refractivity contribution in [3.63, 3.8) is 0 Å². The fraction of sp³-hybridized carbons (Fsp3) is 0.538. The molecule has 0 heterocycles. The summed E-state index contributed by atoms with van der Waals surface area (Å²) in [4.78, 5) is 0.0311. The maximum Gasteiger partial charge on any atom is 0.242 e. The van der Waals surface area contributed by atoms with E-state index in [4.69, 9.17) is 16.7 Å². The van der Waals surface area contributed by atoms with E-state index in [0.29, 0.717) is 12.1 Å². The third-order valence-corrected chi connectivity index (χ3v) is 5.60. The van der Waals surface area contributed by atoms with Crippen molar-refractivity contribution in [3.8, 4) is 0 Å². The number of hydrogen-bond acceptors (Lipinski definition) is 3. The van der Waals surface area contributed by atoms with Crippen LogP contribution in [0.15, 0.2) is 23.1 Å². The minimum absolute atomic E-state index is 0.0311. The minimum atomic E-state index is -3.63. The molecule has 4 nitrogen and oxygen atoms in total. The summed E-state index contributed by atoms with van der Waals surface area (Å²) in [7, 11) is -3.63. The molecule has 0 radical (unpaired) electrons. The Morgan fingerprint density at radius 3 is 2.63 bits per heavy atom. The predicted octanol–water partition coefficient (Wildman–Crippen LogP) is 2.30. The predicted molar refractivity (Wildman–Crippen MR) is 74.5 cm³/mol. The SMILES string of the molecule is CC1(CNS(=O)(=O)c2cc(CO)ccc2Cl)CCC1. The zero-order valence-electron chi connectivity index (χ0n) is 10.8. The Kier molecular flexibility index (Phi) is 4.20. The Morgan fingerprint density at radius 1 is 1.42 bits per heavy atom.